The predicted octanol–water partition coefficient (Wildman–Crippen LogP) is 3.79. The quantitative estimate of drug-likeness (QED) is 0.826. The van der Waals surface area contributed by atoms with Crippen LogP contribution in [0.25, 0.3) is 5.57 Å². The van der Waals surface area contributed by atoms with E-state index < -0.39 is 0 Å². The minimum Gasteiger partial charge on any atom is -0.330 e. The molecule has 0 heterocycles. The molecule has 0 amide bonds. The molecule has 1 nitrogen and oxygen atoms in total. The van der Waals surface area contributed by atoms with Crippen molar-refractivity contribution in [3.63, 3.8) is 0 Å². The summed E-state index contributed by atoms with van der Waals surface area (Å²) in [5.41, 5.74) is 9.41. The van der Waals surface area contributed by atoms with E-state index >= 15 is 0 Å². The van der Waals surface area contributed by atoms with Gasteiger partial charge in [-0.2, -0.15) is 0 Å². The fraction of sp³-hybridized carbons (Fsp3) is 0.385. The molecule has 82 valence electrons. The lowest BCUT2D eigenvalue weighted by Gasteiger charge is -2.10. The van der Waals surface area contributed by atoms with Crippen LogP contribution in [0.5, 0.6) is 0 Å². The van der Waals surface area contributed by atoms with E-state index in [0.29, 0.717) is 6.54 Å². The van der Waals surface area contributed by atoms with Gasteiger partial charge in [-0.05, 0) is 55.1 Å². The molecule has 2 N–H and O–H groups in total. The summed E-state index contributed by atoms with van der Waals surface area (Å²) in [6, 6.07) is 6.00. The summed E-state index contributed by atoms with van der Waals surface area (Å²) in [7, 11) is 0. The van der Waals surface area contributed by atoms with E-state index in [9.17, 15) is 0 Å². The van der Waals surface area contributed by atoms with Crippen LogP contribution >= 0.6 is 11.6 Å². The minimum absolute atomic E-state index is 0.678. The molecule has 0 saturated heterocycles. The number of hydrogen-bond donors (Lipinski definition) is 1. The molecule has 0 fully saturated rings. The Balaban J connectivity index is 3.10. The predicted molar refractivity (Wildman–Crippen MR) is 68.1 cm³/mol. The zero-order valence-electron chi connectivity index (χ0n) is 9.39. The van der Waals surface area contributed by atoms with E-state index in [2.05, 4.69) is 26.0 Å². The second-order valence-corrected chi connectivity index (χ2v) is 4.07. The molecule has 0 radical (unpaired) electrons. The van der Waals surface area contributed by atoms with Crippen molar-refractivity contribution in [3.8, 4) is 0 Å². The summed E-state index contributed by atoms with van der Waals surface area (Å²) < 4.78 is 0. The Hall–Kier alpha value is -0.790. The van der Waals surface area contributed by atoms with Crippen LogP contribution in [0.1, 0.15) is 30.9 Å². The zero-order chi connectivity index (χ0) is 11.3. The second-order valence-electron chi connectivity index (χ2n) is 3.64. The van der Waals surface area contributed by atoms with Crippen molar-refractivity contribution in [2.24, 2.45) is 5.73 Å². The van der Waals surface area contributed by atoms with Crippen molar-refractivity contribution in [3.05, 3.63) is 40.4 Å². The molecule has 0 aliphatic heterocycles. The van der Waals surface area contributed by atoms with Crippen molar-refractivity contribution in [1.29, 1.82) is 0 Å². The van der Waals surface area contributed by atoms with E-state index in [1.54, 1.807) is 0 Å². The van der Waals surface area contributed by atoms with Gasteiger partial charge in [-0.15, -0.1) is 0 Å². The van der Waals surface area contributed by atoms with Gasteiger partial charge in [0.15, 0.2) is 0 Å². The number of nitrogens with two attached hydrogens (primary N) is 1. The molecular weight excluding hydrogens is 206 g/mol. The number of benzene rings is 1. The van der Waals surface area contributed by atoms with Gasteiger partial charge in [-0.25, -0.2) is 0 Å². The molecule has 1 rings (SSSR count). The maximum Gasteiger partial charge on any atom is 0.0412 e. The first-order valence-corrected chi connectivity index (χ1v) is 5.72. The van der Waals surface area contributed by atoms with Crippen LogP contribution in [0.3, 0.4) is 0 Å². The number of halogens is 1. The highest BCUT2D eigenvalue weighted by atomic mass is 35.5. The van der Waals surface area contributed by atoms with Gasteiger partial charge < -0.3 is 5.73 Å². The van der Waals surface area contributed by atoms with Crippen molar-refractivity contribution < 1.29 is 0 Å². The lowest BCUT2D eigenvalue weighted by Crippen LogP contribution is -2.01. The number of rotatable bonds is 4. The van der Waals surface area contributed by atoms with Crippen molar-refractivity contribution in [1.82, 2.24) is 0 Å². The zero-order valence-corrected chi connectivity index (χ0v) is 10.1. The Morgan fingerprint density at radius 2 is 2.20 bits per heavy atom. The second kappa shape index (κ2) is 5.94. The molecule has 0 aromatic heterocycles. The molecule has 0 aliphatic carbocycles. The van der Waals surface area contributed by atoms with Crippen LogP contribution < -0.4 is 5.73 Å². The highest BCUT2D eigenvalue weighted by Crippen LogP contribution is 2.25. The Bertz CT molecular complexity index is 356. The van der Waals surface area contributed by atoms with Crippen LogP contribution in [0.4, 0.5) is 0 Å². The van der Waals surface area contributed by atoms with Crippen LogP contribution in [0.15, 0.2) is 24.3 Å². The lowest BCUT2D eigenvalue weighted by atomic mass is 9.97. The molecule has 0 saturated carbocycles. The topological polar surface area (TPSA) is 26.0 Å². The van der Waals surface area contributed by atoms with Gasteiger partial charge in [-0.3, -0.25) is 0 Å². The summed E-state index contributed by atoms with van der Waals surface area (Å²) in [4.78, 5) is 0. The highest BCUT2D eigenvalue weighted by molar-refractivity contribution is 6.30. The summed E-state index contributed by atoms with van der Waals surface area (Å²) in [5, 5.41) is 0.787. The van der Waals surface area contributed by atoms with Gasteiger partial charge in [0.2, 0.25) is 0 Å². The van der Waals surface area contributed by atoms with Gasteiger partial charge in [0.1, 0.15) is 0 Å². The van der Waals surface area contributed by atoms with Crippen LogP contribution in [0, 0.1) is 6.92 Å². The number of hydrogen-bond acceptors (Lipinski definition) is 1. The Morgan fingerprint density at radius 3 is 2.80 bits per heavy atom. The van der Waals surface area contributed by atoms with Crippen molar-refractivity contribution in [2.75, 3.05) is 6.54 Å². The molecule has 0 bridgehead atoms. The lowest BCUT2D eigenvalue weighted by molar-refractivity contribution is 1.01. The number of aryl methyl sites for hydroxylation is 1. The van der Waals surface area contributed by atoms with E-state index in [1.807, 2.05) is 12.1 Å². The van der Waals surface area contributed by atoms with Gasteiger partial charge in [0.25, 0.3) is 0 Å². The average Bonchev–Trinajstić information content (AvgIpc) is 2.21. The molecule has 0 unspecified atom stereocenters. The van der Waals surface area contributed by atoms with Gasteiger partial charge in [0, 0.05) is 5.02 Å². The van der Waals surface area contributed by atoms with Gasteiger partial charge in [-0.1, -0.05) is 30.7 Å². The third-order valence-corrected chi connectivity index (χ3v) is 2.64. The molecule has 0 atom stereocenters. The first kappa shape index (κ1) is 12.3. The first-order chi connectivity index (χ1) is 7.19. The van der Waals surface area contributed by atoms with Crippen LogP contribution in [0.2, 0.25) is 5.02 Å². The minimum atomic E-state index is 0.678. The normalized spacial score (nSPS) is 11.9. The molecule has 2 heteroatoms. The summed E-state index contributed by atoms with van der Waals surface area (Å²) in [6.45, 7) is 4.92. The number of allylic oxidation sites excluding steroid dienone is 1. The van der Waals surface area contributed by atoms with E-state index in [1.165, 1.54) is 16.7 Å². The monoisotopic (exact) mass is 223 g/mol. The molecule has 15 heavy (non-hydrogen) atoms. The third kappa shape index (κ3) is 3.37. The summed E-state index contributed by atoms with van der Waals surface area (Å²) in [6.07, 6.45) is 4.17. The molecule has 0 aliphatic rings. The van der Waals surface area contributed by atoms with Crippen molar-refractivity contribution >= 4 is 17.2 Å². The van der Waals surface area contributed by atoms with E-state index in [4.69, 9.17) is 17.3 Å². The third-order valence-electron chi connectivity index (χ3n) is 2.41. The van der Waals surface area contributed by atoms with Crippen LogP contribution in [-0.4, -0.2) is 6.54 Å². The Morgan fingerprint density at radius 1 is 1.47 bits per heavy atom. The smallest absolute Gasteiger partial charge is 0.0412 e. The fourth-order valence-electron chi connectivity index (χ4n) is 1.69. The van der Waals surface area contributed by atoms with E-state index in [0.717, 1.165) is 17.9 Å². The molecule has 0 spiro atoms. The Labute approximate surface area is 96.9 Å². The first-order valence-electron chi connectivity index (χ1n) is 5.34. The highest BCUT2D eigenvalue weighted by Gasteiger charge is 2.04. The van der Waals surface area contributed by atoms with E-state index in [-0.39, 0.29) is 0 Å². The fourth-order valence-corrected chi connectivity index (χ4v) is 1.86. The molecule has 1 aromatic carbocycles. The van der Waals surface area contributed by atoms with Crippen molar-refractivity contribution in [2.45, 2.75) is 26.7 Å². The van der Waals surface area contributed by atoms with Gasteiger partial charge >= 0.3 is 0 Å². The maximum atomic E-state index is 6.00. The largest absolute Gasteiger partial charge is 0.330 e. The standard InChI is InChI=1S/C13H18ClN/c1-3-4-11(7-8-15)13-9-12(14)6-5-10(13)2/h4-6,9H,3,7-8,15H2,1-2H3/b11-4-. The average molecular weight is 224 g/mol. The Kier molecular flexibility index (Phi) is 4.86. The summed E-state index contributed by atoms with van der Waals surface area (Å²) in [5.74, 6) is 0. The SMILES string of the molecule is CC/C=C(/CCN)c1cc(Cl)ccc1C. The maximum absolute atomic E-state index is 6.00. The summed E-state index contributed by atoms with van der Waals surface area (Å²) >= 11 is 6.00. The van der Waals surface area contributed by atoms with Crippen LogP contribution in [-0.2, 0) is 0 Å². The molecular formula is C13H18ClN. The molecule has 1 aromatic rings. The van der Waals surface area contributed by atoms with Gasteiger partial charge in [0.05, 0.1) is 0 Å².